The second-order valence-corrected chi connectivity index (χ2v) is 5.29. The number of halogens is 2. The minimum atomic E-state index is -0.343. The van der Waals surface area contributed by atoms with E-state index in [0.29, 0.717) is 10.7 Å². The molecule has 0 saturated carbocycles. The molecule has 0 atom stereocenters. The Morgan fingerprint density at radius 1 is 1.16 bits per heavy atom. The molecule has 0 unspecified atom stereocenters. The number of benzene rings is 2. The average molecular weight is 382 g/mol. The normalized spacial score (nSPS) is 9.37. The molecule has 0 saturated heterocycles. The summed E-state index contributed by atoms with van der Waals surface area (Å²) in [5, 5.41) is 3.37. The number of hydrogen-bond acceptors (Lipinski definition) is 1. The Morgan fingerprint density at radius 3 is 2.58 bits per heavy atom. The quantitative estimate of drug-likeness (QED) is 0.588. The van der Waals surface area contributed by atoms with Crippen molar-refractivity contribution in [2.75, 3.05) is 5.32 Å². The molecule has 19 heavy (non-hydrogen) atoms. The zero-order valence-corrected chi connectivity index (χ0v) is 12.7. The van der Waals surface area contributed by atoms with Gasteiger partial charge in [-0.05, 0) is 52.9 Å². The highest BCUT2D eigenvalue weighted by Crippen LogP contribution is 2.22. The summed E-state index contributed by atoms with van der Waals surface area (Å²) in [4.78, 5) is 11.7. The Balaban J connectivity index is 2.08. The number of rotatable bonds is 1. The topological polar surface area (TPSA) is 29.1 Å². The van der Waals surface area contributed by atoms with Gasteiger partial charge in [0.15, 0.2) is 0 Å². The van der Waals surface area contributed by atoms with E-state index in [1.54, 1.807) is 18.2 Å². The fourth-order valence-electron chi connectivity index (χ4n) is 1.39. The van der Waals surface area contributed by atoms with Crippen LogP contribution in [0.15, 0.2) is 48.5 Å². The first-order valence-corrected chi connectivity index (χ1v) is 6.94. The second kappa shape index (κ2) is 6.60. The van der Waals surface area contributed by atoms with Crippen LogP contribution in [0.25, 0.3) is 0 Å². The summed E-state index contributed by atoms with van der Waals surface area (Å²) < 4.78 is 0.875. The molecule has 1 amide bonds. The summed E-state index contributed by atoms with van der Waals surface area (Å²) >= 11 is 7.96. The van der Waals surface area contributed by atoms with Crippen LogP contribution >= 0.6 is 34.2 Å². The van der Waals surface area contributed by atoms with Crippen LogP contribution in [0.4, 0.5) is 5.69 Å². The van der Waals surface area contributed by atoms with Gasteiger partial charge in [0.2, 0.25) is 0 Å². The highest BCUT2D eigenvalue weighted by Gasteiger charge is 2.03. The van der Waals surface area contributed by atoms with E-state index in [1.165, 1.54) is 0 Å². The summed E-state index contributed by atoms with van der Waals surface area (Å²) in [7, 11) is 0. The lowest BCUT2D eigenvalue weighted by Crippen LogP contribution is -2.09. The first-order valence-electron chi connectivity index (χ1n) is 5.48. The molecule has 0 aliphatic rings. The van der Waals surface area contributed by atoms with Crippen LogP contribution in [0.1, 0.15) is 5.56 Å². The number of carbonyl (C=O) groups is 1. The van der Waals surface area contributed by atoms with Crippen molar-refractivity contribution in [1.82, 2.24) is 0 Å². The predicted octanol–water partition coefficient (Wildman–Crippen LogP) is 3.93. The van der Waals surface area contributed by atoms with Gasteiger partial charge in [-0.15, -0.1) is 0 Å². The van der Waals surface area contributed by atoms with Crippen LogP contribution in [-0.4, -0.2) is 5.91 Å². The van der Waals surface area contributed by atoms with Crippen LogP contribution in [0, 0.1) is 15.4 Å². The molecule has 0 heterocycles. The molecule has 2 aromatic carbocycles. The van der Waals surface area contributed by atoms with Gasteiger partial charge in [0, 0.05) is 20.1 Å². The van der Waals surface area contributed by atoms with E-state index >= 15 is 0 Å². The monoisotopic (exact) mass is 381 g/mol. The van der Waals surface area contributed by atoms with E-state index in [-0.39, 0.29) is 5.91 Å². The van der Waals surface area contributed by atoms with E-state index in [0.717, 1.165) is 9.13 Å². The van der Waals surface area contributed by atoms with Gasteiger partial charge in [-0.25, -0.2) is 0 Å². The van der Waals surface area contributed by atoms with Crippen molar-refractivity contribution in [3.8, 4) is 11.8 Å². The zero-order chi connectivity index (χ0) is 13.7. The van der Waals surface area contributed by atoms with E-state index < -0.39 is 0 Å². The molecular weight excluding hydrogens is 373 g/mol. The Hall–Kier alpha value is -1.51. The van der Waals surface area contributed by atoms with Crippen LogP contribution in [-0.2, 0) is 4.79 Å². The standard InChI is InChI=1S/C15H9ClINO/c16-12-7-8-14(13(17)10-12)18-15(19)9-6-11-4-2-1-3-5-11/h1-5,7-8,10H,(H,18,19). The summed E-state index contributed by atoms with van der Waals surface area (Å²) in [6, 6.07) is 14.6. The lowest BCUT2D eigenvalue weighted by atomic mass is 10.2. The smallest absolute Gasteiger partial charge is 0.300 e. The highest BCUT2D eigenvalue weighted by molar-refractivity contribution is 14.1. The van der Waals surface area contributed by atoms with Gasteiger partial charge in [0.05, 0.1) is 5.69 Å². The van der Waals surface area contributed by atoms with Gasteiger partial charge < -0.3 is 5.32 Å². The molecule has 2 rings (SSSR count). The van der Waals surface area contributed by atoms with Crippen LogP contribution in [0.5, 0.6) is 0 Å². The largest absolute Gasteiger partial charge is 0.314 e. The van der Waals surface area contributed by atoms with Gasteiger partial charge >= 0.3 is 5.91 Å². The lowest BCUT2D eigenvalue weighted by molar-refractivity contribution is -0.111. The van der Waals surface area contributed by atoms with Gasteiger partial charge in [-0.2, -0.15) is 0 Å². The molecular formula is C15H9ClINO. The van der Waals surface area contributed by atoms with Gasteiger partial charge in [-0.1, -0.05) is 35.7 Å². The maximum Gasteiger partial charge on any atom is 0.300 e. The fourth-order valence-corrected chi connectivity index (χ4v) is 2.40. The molecule has 94 valence electrons. The van der Waals surface area contributed by atoms with Crippen molar-refractivity contribution in [3.05, 3.63) is 62.7 Å². The van der Waals surface area contributed by atoms with Crippen molar-refractivity contribution in [2.24, 2.45) is 0 Å². The molecule has 0 fully saturated rings. The van der Waals surface area contributed by atoms with E-state index in [9.17, 15) is 4.79 Å². The number of amides is 1. The summed E-state index contributed by atoms with van der Waals surface area (Å²) in [5.41, 5.74) is 1.51. The van der Waals surface area contributed by atoms with Crippen molar-refractivity contribution < 1.29 is 4.79 Å². The molecule has 4 heteroatoms. The van der Waals surface area contributed by atoms with Crippen molar-refractivity contribution >= 4 is 45.8 Å². The Bertz CT molecular complexity index is 659. The molecule has 2 aromatic rings. The van der Waals surface area contributed by atoms with Gasteiger partial charge in [0.25, 0.3) is 0 Å². The molecule has 0 aliphatic heterocycles. The lowest BCUT2D eigenvalue weighted by Gasteiger charge is -2.03. The second-order valence-electron chi connectivity index (χ2n) is 3.69. The first-order chi connectivity index (χ1) is 9.15. The Kier molecular flexibility index (Phi) is 4.83. The maximum atomic E-state index is 11.7. The van der Waals surface area contributed by atoms with Crippen molar-refractivity contribution in [2.45, 2.75) is 0 Å². The number of nitrogens with one attached hydrogen (secondary N) is 1. The van der Waals surface area contributed by atoms with Crippen LogP contribution < -0.4 is 5.32 Å². The van der Waals surface area contributed by atoms with Crippen LogP contribution in [0.3, 0.4) is 0 Å². The van der Waals surface area contributed by atoms with E-state index in [2.05, 4.69) is 39.7 Å². The Labute approximate surface area is 130 Å². The first kappa shape index (κ1) is 13.9. The molecule has 0 aromatic heterocycles. The van der Waals surface area contributed by atoms with Crippen LogP contribution in [0.2, 0.25) is 5.02 Å². The molecule has 0 aliphatic carbocycles. The predicted molar refractivity (Wildman–Crippen MR) is 86.1 cm³/mol. The van der Waals surface area contributed by atoms with E-state index in [4.69, 9.17) is 11.6 Å². The summed E-state index contributed by atoms with van der Waals surface area (Å²) in [6.45, 7) is 0. The zero-order valence-electron chi connectivity index (χ0n) is 9.78. The van der Waals surface area contributed by atoms with E-state index in [1.807, 2.05) is 30.3 Å². The van der Waals surface area contributed by atoms with Crippen molar-refractivity contribution in [3.63, 3.8) is 0 Å². The minimum Gasteiger partial charge on any atom is -0.314 e. The third kappa shape index (κ3) is 4.27. The fraction of sp³-hybridized carbons (Fsp3) is 0. The van der Waals surface area contributed by atoms with Gasteiger partial charge in [0.1, 0.15) is 0 Å². The third-order valence-electron chi connectivity index (χ3n) is 2.27. The highest BCUT2D eigenvalue weighted by atomic mass is 127. The SMILES string of the molecule is O=C(C#Cc1ccccc1)Nc1ccc(Cl)cc1I. The average Bonchev–Trinajstić information content (AvgIpc) is 2.41. The summed E-state index contributed by atoms with van der Waals surface area (Å²) in [6.07, 6.45) is 0. The third-order valence-corrected chi connectivity index (χ3v) is 3.40. The Morgan fingerprint density at radius 2 is 1.89 bits per heavy atom. The minimum absolute atomic E-state index is 0.343. The molecule has 0 radical (unpaired) electrons. The van der Waals surface area contributed by atoms with Gasteiger partial charge in [-0.3, -0.25) is 4.79 Å². The number of hydrogen-bond donors (Lipinski definition) is 1. The van der Waals surface area contributed by atoms with Crippen molar-refractivity contribution in [1.29, 1.82) is 0 Å². The number of carbonyl (C=O) groups excluding carboxylic acids is 1. The number of anilines is 1. The molecule has 0 bridgehead atoms. The molecule has 0 spiro atoms. The molecule has 1 N–H and O–H groups in total. The molecule has 2 nitrogen and oxygen atoms in total. The maximum absolute atomic E-state index is 11.7. The summed E-state index contributed by atoms with van der Waals surface area (Å²) in [5.74, 6) is 5.01.